The summed E-state index contributed by atoms with van der Waals surface area (Å²) in [7, 11) is -3.56. The van der Waals surface area contributed by atoms with E-state index in [0.717, 1.165) is 10.4 Å². The lowest BCUT2D eigenvalue weighted by Gasteiger charge is -2.05. The number of aromatic amines is 1. The van der Waals surface area contributed by atoms with Gasteiger partial charge in [-0.25, -0.2) is 13.1 Å². The highest BCUT2D eigenvalue weighted by atomic mass is 32.2. The topological polar surface area (TPSA) is 88.0 Å². The highest BCUT2D eigenvalue weighted by Crippen LogP contribution is 2.25. The molecule has 0 fully saturated rings. The van der Waals surface area contributed by atoms with E-state index < -0.39 is 10.0 Å². The van der Waals surface area contributed by atoms with Crippen LogP contribution in [0.25, 0.3) is 10.9 Å². The predicted molar refractivity (Wildman–Crippen MR) is 85.8 cm³/mol. The first-order chi connectivity index (χ1) is 9.97. The predicted octanol–water partition coefficient (Wildman–Crippen LogP) is 2.60. The van der Waals surface area contributed by atoms with Gasteiger partial charge >= 0.3 is 0 Å². The maximum absolute atomic E-state index is 12.4. The van der Waals surface area contributed by atoms with Crippen LogP contribution in [0.3, 0.4) is 0 Å². The van der Waals surface area contributed by atoms with Crippen LogP contribution in [0.2, 0.25) is 0 Å². The van der Waals surface area contributed by atoms with Crippen molar-refractivity contribution in [1.82, 2.24) is 9.71 Å². The molecule has 2 heterocycles. The fourth-order valence-electron chi connectivity index (χ4n) is 2.16. The number of nitrogens with two attached hydrogens (primary N) is 1. The molecular formula is C14H15N3O2S2. The maximum Gasteiger partial charge on any atom is 0.243 e. The lowest BCUT2D eigenvalue weighted by Crippen LogP contribution is -2.22. The van der Waals surface area contributed by atoms with Crippen LogP contribution in [-0.4, -0.2) is 13.4 Å². The Bertz CT molecular complexity index is 894. The van der Waals surface area contributed by atoms with Gasteiger partial charge in [0.2, 0.25) is 10.0 Å². The summed E-state index contributed by atoms with van der Waals surface area (Å²) in [6.45, 7) is 2.27. The molecule has 110 valence electrons. The van der Waals surface area contributed by atoms with Crippen LogP contribution in [0.1, 0.15) is 10.4 Å². The van der Waals surface area contributed by atoms with Crippen LogP contribution in [0.5, 0.6) is 0 Å². The Labute approximate surface area is 126 Å². The molecule has 5 nitrogen and oxygen atoms in total. The number of hydrogen-bond donors (Lipinski definition) is 3. The Kier molecular flexibility index (Phi) is 3.48. The van der Waals surface area contributed by atoms with Gasteiger partial charge in [-0.1, -0.05) is 0 Å². The standard InChI is InChI=1S/C14H15N3O2S2/c1-9-4-5-20-13(9)7-17-21(18,19)14-8-16-12-6-10(15)2-3-11(12)14/h2-6,8,16-17H,7,15H2,1H3. The second-order valence-electron chi connectivity index (χ2n) is 4.81. The van der Waals surface area contributed by atoms with Gasteiger partial charge in [0.1, 0.15) is 4.90 Å². The monoisotopic (exact) mass is 321 g/mol. The van der Waals surface area contributed by atoms with Crippen molar-refractivity contribution >= 4 is 38.0 Å². The van der Waals surface area contributed by atoms with E-state index in [0.29, 0.717) is 23.1 Å². The number of hydrogen-bond acceptors (Lipinski definition) is 4. The number of aryl methyl sites for hydroxylation is 1. The molecule has 21 heavy (non-hydrogen) atoms. The molecule has 2 aromatic heterocycles. The van der Waals surface area contributed by atoms with Gasteiger partial charge in [0, 0.05) is 34.2 Å². The second-order valence-corrected chi connectivity index (χ2v) is 7.55. The molecule has 0 saturated heterocycles. The van der Waals surface area contributed by atoms with Gasteiger partial charge in [-0.15, -0.1) is 11.3 Å². The fraction of sp³-hybridized carbons (Fsp3) is 0.143. The Morgan fingerprint density at radius 2 is 2.14 bits per heavy atom. The van der Waals surface area contributed by atoms with Crippen LogP contribution in [0.4, 0.5) is 5.69 Å². The van der Waals surface area contributed by atoms with Crippen molar-refractivity contribution in [3.05, 3.63) is 46.3 Å². The molecule has 0 radical (unpaired) electrons. The van der Waals surface area contributed by atoms with E-state index in [1.54, 1.807) is 29.5 Å². The Morgan fingerprint density at radius 3 is 2.86 bits per heavy atom. The molecule has 0 aliphatic heterocycles. The molecular weight excluding hydrogens is 306 g/mol. The third-order valence-corrected chi connectivity index (χ3v) is 5.81. The average Bonchev–Trinajstić information content (AvgIpc) is 3.02. The minimum Gasteiger partial charge on any atom is -0.399 e. The van der Waals surface area contributed by atoms with Crippen molar-refractivity contribution in [2.24, 2.45) is 0 Å². The molecule has 0 amide bonds. The molecule has 7 heteroatoms. The van der Waals surface area contributed by atoms with Crippen molar-refractivity contribution in [2.75, 3.05) is 5.73 Å². The first-order valence-electron chi connectivity index (χ1n) is 6.36. The number of aromatic nitrogens is 1. The zero-order chi connectivity index (χ0) is 15.0. The molecule has 0 aliphatic carbocycles. The number of sulfonamides is 1. The van der Waals surface area contributed by atoms with Crippen molar-refractivity contribution in [2.45, 2.75) is 18.4 Å². The number of fused-ring (bicyclic) bond motifs is 1. The zero-order valence-corrected chi connectivity index (χ0v) is 13.0. The second kappa shape index (κ2) is 5.18. The van der Waals surface area contributed by atoms with Crippen LogP contribution in [-0.2, 0) is 16.6 Å². The number of H-pyrrole nitrogens is 1. The lowest BCUT2D eigenvalue weighted by molar-refractivity contribution is 0.582. The molecule has 3 rings (SSSR count). The van der Waals surface area contributed by atoms with Gasteiger partial charge in [-0.05, 0) is 42.1 Å². The van der Waals surface area contributed by atoms with E-state index >= 15 is 0 Å². The molecule has 3 aromatic rings. The molecule has 0 unspecified atom stereocenters. The molecule has 1 aromatic carbocycles. The summed E-state index contributed by atoms with van der Waals surface area (Å²) in [5, 5.41) is 2.59. The van der Waals surface area contributed by atoms with Crippen LogP contribution in [0.15, 0.2) is 40.7 Å². The highest BCUT2D eigenvalue weighted by Gasteiger charge is 2.19. The van der Waals surface area contributed by atoms with E-state index in [1.807, 2.05) is 18.4 Å². The summed E-state index contributed by atoms with van der Waals surface area (Å²) in [5.74, 6) is 0. The van der Waals surface area contributed by atoms with Gasteiger partial charge in [-0.3, -0.25) is 0 Å². The van der Waals surface area contributed by atoms with E-state index in [9.17, 15) is 8.42 Å². The molecule has 0 aliphatic rings. The average molecular weight is 321 g/mol. The molecule has 0 atom stereocenters. The molecule has 4 N–H and O–H groups in total. The van der Waals surface area contributed by atoms with Crippen molar-refractivity contribution in [3.8, 4) is 0 Å². The lowest BCUT2D eigenvalue weighted by atomic mass is 10.2. The Hall–Kier alpha value is -1.83. The van der Waals surface area contributed by atoms with Crippen molar-refractivity contribution in [3.63, 3.8) is 0 Å². The van der Waals surface area contributed by atoms with Crippen LogP contribution in [0, 0.1) is 6.92 Å². The van der Waals surface area contributed by atoms with Crippen molar-refractivity contribution < 1.29 is 8.42 Å². The largest absolute Gasteiger partial charge is 0.399 e. The highest BCUT2D eigenvalue weighted by molar-refractivity contribution is 7.89. The van der Waals surface area contributed by atoms with E-state index in [2.05, 4.69) is 9.71 Å². The Balaban J connectivity index is 1.91. The molecule has 0 saturated carbocycles. The minimum absolute atomic E-state index is 0.242. The van der Waals surface area contributed by atoms with E-state index in [1.165, 1.54) is 6.20 Å². The minimum atomic E-state index is -3.56. The zero-order valence-electron chi connectivity index (χ0n) is 11.4. The fourth-order valence-corrected chi connectivity index (χ4v) is 4.27. The number of anilines is 1. The smallest absolute Gasteiger partial charge is 0.243 e. The van der Waals surface area contributed by atoms with Crippen molar-refractivity contribution in [1.29, 1.82) is 0 Å². The first-order valence-corrected chi connectivity index (χ1v) is 8.73. The van der Waals surface area contributed by atoms with Crippen LogP contribution < -0.4 is 10.5 Å². The van der Waals surface area contributed by atoms with Gasteiger partial charge in [0.05, 0.1) is 0 Å². The third-order valence-electron chi connectivity index (χ3n) is 3.35. The summed E-state index contributed by atoms with van der Waals surface area (Å²) < 4.78 is 27.5. The van der Waals surface area contributed by atoms with E-state index in [4.69, 9.17) is 5.73 Å². The summed E-state index contributed by atoms with van der Waals surface area (Å²) in [5.41, 5.74) is 8.09. The van der Waals surface area contributed by atoms with Gasteiger partial charge in [-0.2, -0.15) is 0 Å². The number of nitrogens with one attached hydrogen (secondary N) is 2. The van der Waals surface area contributed by atoms with E-state index in [-0.39, 0.29) is 4.90 Å². The Morgan fingerprint density at radius 1 is 1.33 bits per heavy atom. The number of thiophene rings is 1. The van der Waals surface area contributed by atoms with Gasteiger partial charge < -0.3 is 10.7 Å². The quantitative estimate of drug-likeness (QED) is 0.645. The number of benzene rings is 1. The maximum atomic E-state index is 12.4. The number of nitrogen functional groups attached to an aromatic ring is 1. The van der Waals surface area contributed by atoms with Crippen LogP contribution >= 0.6 is 11.3 Å². The molecule has 0 spiro atoms. The van der Waals surface area contributed by atoms with Gasteiger partial charge in [0.25, 0.3) is 0 Å². The number of rotatable bonds is 4. The summed E-state index contributed by atoms with van der Waals surface area (Å²) in [4.78, 5) is 4.20. The molecule has 0 bridgehead atoms. The van der Waals surface area contributed by atoms with Gasteiger partial charge in [0.15, 0.2) is 0 Å². The summed E-state index contributed by atoms with van der Waals surface area (Å²) in [6.07, 6.45) is 1.49. The first kappa shape index (κ1) is 14.1. The third kappa shape index (κ3) is 2.67. The normalized spacial score (nSPS) is 12.0. The summed E-state index contributed by atoms with van der Waals surface area (Å²) >= 11 is 1.54. The summed E-state index contributed by atoms with van der Waals surface area (Å²) in [6, 6.07) is 7.10. The SMILES string of the molecule is Cc1ccsc1CNS(=O)(=O)c1c[nH]c2cc(N)ccc12.